The molecule has 0 radical (unpaired) electrons. The summed E-state index contributed by atoms with van der Waals surface area (Å²) < 4.78 is 2.10. The molecule has 114 valence electrons. The molecule has 0 bridgehead atoms. The second kappa shape index (κ2) is 8.20. The summed E-state index contributed by atoms with van der Waals surface area (Å²) in [7, 11) is 2.05. The summed E-state index contributed by atoms with van der Waals surface area (Å²) in [5, 5.41) is 4.33. The summed E-state index contributed by atoms with van der Waals surface area (Å²) in [5.74, 6) is 1.72. The van der Waals surface area contributed by atoms with Crippen molar-refractivity contribution in [3.8, 4) is 0 Å². The topological polar surface area (TPSA) is 29.9 Å². The van der Waals surface area contributed by atoms with E-state index in [0.29, 0.717) is 5.92 Å². The molecule has 1 atom stereocenters. The predicted molar refractivity (Wildman–Crippen MR) is 88.7 cm³/mol. The van der Waals surface area contributed by atoms with Crippen LogP contribution in [0.2, 0.25) is 5.02 Å². The summed E-state index contributed by atoms with van der Waals surface area (Å²) in [5.41, 5.74) is 1.24. The van der Waals surface area contributed by atoms with Crippen LogP contribution in [0.1, 0.15) is 24.7 Å². The first kappa shape index (κ1) is 16.1. The predicted octanol–water partition coefficient (Wildman–Crippen LogP) is 3.47. The molecule has 1 aromatic heterocycles. The van der Waals surface area contributed by atoms with Crippen LogP contribution in [-0.4, -0.2) is 22.6 Å². The summed E-state index contributed by atoms with van der Waals surface area (Å²) in [4.78, 5) is 4.41. The Bertz CT molecular complexity index is 550. The van der Waals surface area contributed by atoms with Gasteiger partial charge in [0.15, 0.2) is 0 Å². The van der Waals surface area contributed by atoms with E-state index < -0.39 is 0 Å². The van der Waals surface area contributed by atoms with E-state index in [0.717, 1.165) is 43.2 Å². The molecular weight excluding hydrogens is 282 g/mol. The first-order valence-corrected chi connectivity index (χ1v) is 7.98. The van der Waals surface area contributed by atoms with Crippen LogP contribution in [0, 0.1) is 5.92 Å². The van der Waals surface area contributed by atoms with Gasteiger partial charge in [-0.2, -0.15) is 0 Å². The zero-order valence-corrected chi connectivity index (χ0v) is 13.6. The van der Waals surface area contributed by atoms with Gasteiger partial charge in [0.2, 0.25) is 0 Å². The van der Waals surface area contributed by atoms with Crippen LogP contribution in [-0.2, 0) is 19.9 Å². The van der Waals surface area contributed by atoms with E-state index in [-0.39, 0.29) is 0 Å². The van der Waals surface area contributed by atoms with E-state index in [1.54, 1.807) is 0 Å². The first-order valence-electron chi connectivity index (χ1n) is 7.61. The smallest absolute Gasteiger partial charge is 0.108 e. The van der Waals surface area contributed by atoms with Gasteiger partial charge < -0.3 is 9.88 Å². The fraction of sp³-hybridized carbons (Fsp3) is 0.471. The van der Waals surface area contributed by atoms with E-state index in [1.165, 1.54) is 5.56 Å². The van der Waals surface area contributed by atoms with Crippen LogP contribution < -0.4 is 5.32 Å². The molecule has 1 heterocycles. The molecule has 3 nitrogen and oxygen atoms in total. The average molecular weight is 306 g/mol. The fourth-order valence-electron chi connectivity index (χ4n) is 2.57. The number of aryl methyl sites for hydroxylation is 2. The van der Waals surface area contributed by atoms with Gasteiger partial charge in [-0.05, 0) is 43.5 Å². The van der Waals surface area contributed by atoms with E-state index in [1.807, 2.05) is 24.5 Å². The van der Waals surface area contributed by atoms with Crippen molar-refractivity contribution in [3.05, 3.63) is 53.1 Å². The van der Waals surface area contributed by atoms with E-state index >= 15 is 0 Å². The van der Waals surface area contributed by atoms with Crippen molar-refractivity contribution < 1.29 is 0 Å². The minimum absolute atomic E-state index is 0.571. The van der Waals surface area contributed by atoms with Crippen molar-refractivity contribution in [1.29, 1.82) is 0 Å². The summed E-state index contributed by atoms with van der Waals surface area (Å²) in [6.45, 7) is 4.17. The van der Waals surface area contributed by atoms with Gasteiger partial charge in [-0.1, -0.05) is 36.7 Å². The van der Waals surface area contributed by atoms with Crippen molar-refractivity contribution in [3.63, 3.8) is 0 Å². The molecule has 1 N–H and O–H groups in total. The van der Waals surface area contributed by atoms with Crippen LogP contribution in [0.25, 0.3) is 0 Å². The van der Waals surface area contributed by atoms with Crippen molar-refractivity contribution in [2.24, 2.45) is 13.0 Å². The molecule has 1 aromatic carbocycles. The molecule has 21 heavy (non-hydrogen) atoms. The standard InChI is InChI=1S/C17H24ClN3/c1-3-19-13-14(8-9-17-20-10-11-21(17)2)12-15-6-4-5-7-16(15)18/h4-7,10-11,14,19H,3,8-9,12-13H2,1-2H3. The molecule has 1 unspecified atom stereocenters. The van der Waals surface area contributed by atoms with Gasteiger partial charge >= 0.3 is 0 Å². The molecule has 2 rings (SSSR count). The minimum atomic E-state index is 0.571. The maximum atomic E-state index is 6.29. The zero-order chi connectivity index (χ0) is 15.1. The molecule has 0 spiro atoms. The lowest BCUT2D eigenvalue weighted by Gasteiger charge is -2.18. The molecule has 4 heteroatoms. The minimum Gasteiger partial charge on any atom is -0.338 e. The van der Waals surface area contributed by atoms with Crippen LogP contribution in [0.3, 0.4) is 0 Å². The summed E-state index contributed by atoms with van der Waals surface area (Å²) in [6.07, 6.45) is 7.00. The molecule has 0 aliphatic carbocycles. The second-order valence-corrected chi connectivity index (χ2v) is 5.87. The molecule has 2 aromatic rings. The van der Waals surface area contributed by atoms with Gasteiger partial charge in [0.25, 0.3) is 0 Å². The molecule has 0 saturated heterocycles. The molecule has 0 aliphatic rings. The number of nitrogens with zero attached hydrogens (tertiary/aromatic N) is 2. The van der Waals surface area contributed by atoms with E-state index in [4.69, 9.17) is 11.6 Å². The highest BCUT2D eigenvalue weighted by Crippen LogP contribution is 2.21. The third-order valence-electron chi connectivity index (χ3n) is 3.85. The Balaban J connectivity index is 1.97. The summed E-state index contributed by atoms with van der Waals surface area (Å²) in [6, 6.07) is 8.14. The Morgan fingerprint density at radius 2 is 2.14 bits per heavy atom. The summed E-state index contributed by atoms with van der Waals surface area (Å²) >= 11 is 6.29. The zero-order valence-electron chi connectivity index (χ0n) is 12.8. The van der Waals surface area contributed by atoms with Crippen LogP contribution in [0.15, 0.2) is 36.7 Å². The third-order valence-corrected chi connectivity index (χ3v) is 4.22. The van der Waals surface area contributed by atoms with E-state index in [2.05, 4.69) is 41.0 Å². The Labute approximate surface area is 132 Å². The average Bonchev–Trinajstić information content (AvgIpc) is 2.89. The molecule has 0 saturated carbocycles. The van der Waals surface area contributed by atoms with E-state index in [9.17, 15) is 0 Å². The van der Waals surface area contributed by atoms with Gasteiger partial charge in [-0.25, -0.2) is 4.98 Å². The van der Waals surface area contributed by atoms with Crippen LogP contribution in [0.4, 0.5) is 0 Å². The number of imidazole rings is 1. The number of aromatic nitrogens is 2. The number of rotatable bonds is 8. The van der Waals surface area contributed by atoms with Crippen molar-refractivity contribution >= 4 is 11.6 Å². The van der Waals surface area contributed by atoms with Crippen molar-refractivity contribution in [2.45, 2.75) is 26.2 Å². The Hall–Kier alpha value is -1.32. The number of halogens is 1. The Morgan fingerprint density at radius 1 is 1.33 bits per heavy atom. The SMILES string of the molecule is CCNCC(CCc1nccn1C)Cc1ccccc1Cl. The van der Waals surface area contributed by atoms with Gasteiger partial charge in [0.05, 0.1) is 0 Å². The first-order chi connectivity index (χ1) is 10.2. The largest absolute Gasteiger partial charge is 0.338 e. The number of hydrogen-bond donors (Lipinski definition) is 1. The maximum absolute atomic E-state index is 6.29. The van der Waals surface area contributed by atoms with Gasteiger partial charge in [-0.15, -0.1) is 0 Å². The highest BCUT2D eigenvalue weighted by atomic mass is 35.5. The number of hydrogen-bond acceptors (Lipinski definition) is 2. The lowest BCUT2D eigenvalue weighted by molar-refractivity contribution is 0.443. The Morgan fingerprint density at radius 3 is 2.81 bits per heavy atom. The Kier molecular flexibility index (Phi) is 6.27. The van der Waals surface area contributed by atoms with Gasteiger partial charge in [-0.3, -0.25) is 0 Å². The van der Waals surface area contributed by atoms with Crippen LogP contribution >= 0.6 is 11.6 Å². The van der Waals surface area contributed by atoms with Crippen molar-refractivity contribution in [1.82, 2.24) is 14.9 Å². The highest BCUT2D eigenvalue weighted by Gasteiger charge is 2.13. The number of nitrogens with one attached hydrogen (secondary N) is 1. The molecule has 0 amide bonds. The maximum Gasteiger partial charge on any atom is 0.108 e. The monoisotopic (exact) mass is 305 g/mol. The van der Waals surface area contributed by atoms with Crippen LogP contribution in [0.5, 0.6) is 0 Å². The van der Waals surface area contributed by atoms with Gasteiger partial charge in [0.1, 0.15) is 5.82 Å². The van der Waals surface area contributed by atoms with Crippen molar-refractivity contribution in [2.75, 3.05) is 13.1 Å². The van der Waals surface area contributed by atoms with Gasteiger partial charge in [0, 0.05) is 30.9 Å². The molecular formula is C17H24ClN3. The number of benzene rings is 1. The highest BCUT2D eigenvalue weighted by molar-refractivity contribution is 6.31. The normalized spacial score (nSPS) is 12.5. The lowest BCUT2D eigenvalue weighted by Crippen LogP contribution is -2.25. The fourth-order valence-corrected chi connectivity index (χ4v) is 2.78. The third kappa shape index (κ3) is 4.87. The second-order valence-electron chi connectivity index (χ2n) is 5.46. The lowest BCUT2D eigenvalue weighted by atomic mass is 9.94. The molecule has 0 fully saturated rings. The molecule has 0 aliphatic heterocycles. The quantitative estimate of drug-likeness (QED) is 0.809.